The number of benzene rings is 2. The van der Waals surface area contributed by atoms with Crippen molar-refractivity contribution >= 4 is 0 Å². The van der Waals surface area contributed by atoms with Gasteiger partial charge in [0, 0.05) is 38.1 Å². The third-order valence-electron chi connectivity index (χ3n) is 4.23. The average Bonchev–Trinajstić information content (AvgIpc) is 2.72. The van der Waals surface area contributed by atoms with Gasteiger partial charge >= 0.3 is 0 Å². The van der Waals surface area contributed by atoms with Gasteiger partial charge < -0.3 is 4.98 Å². The Hall–Kier alpha value is -2.61. The predicted molar refractivity (Wildman–Crippen MR) is 112 cm³/mol. The fourth-order valence-corrected chi connectivity index (χ4v) is 2.77. The summed E-state index contributed by atoms with van der Waals surface area (Å²) >= 11 is 0. The summed E-state index contributed by atoms with van der Waals surface area (Å²) in [5, 5.41) is 0. The Morgan fingerprint density at radius 2 is 1.43 bits per heavy atom. The minimum atomic E-state index is 0. The molecular formula is C25H23IrN2-. The van der Waals surface area contributed by atoms with Gasteiger partial charge in [-0.05, 0) is 61.9 Å². The van der Waals surface area contributed by atoms with E-state index in [4.69, 9.17) is 0 Å². The maximum Gasteiger partial charge on any atom is 0.0707 e. The van der Waals surface area contributed by atoms with Crippen molar-refractivity contribution in [1.82, 2.24) is 9.97 Å². The van der Waals surface area contributed by atoms with Crippen LogP contribution in [0.1, 0.15) is 16.7 Å². The molecule has 0 aliphatic carbocycles. The second-order valence-corrected chi connectivity index (χ2v) is 6.53. The summed E-state index contributed by atoms with van der Waals surface area (Å²) in [7, 11) is 0. The zero-order chi connectivity index (χ0) is 19.1. The fourth-order valence-electron chi connectivity index (χ4n) is 2.77. The summed E-state index contributed by atoms with van der Waals surface area (Å²) in [5.41, 5.74) is 8.12. The normalized spacial score (nSPS) is 9.68. The van der Waals surface area contributed by atoms with Crippen LogP contribution in [0.2, 0.25) is 0 Å². The molecule has 143 valence electrons. The Kier molecular flexibility index (Phi) is 8.25. The summed E-state index contributed by atoms with van der Waals surface area (Å²) < 4.78 is 0. The summed E-state index contributed by atoms with van der Waals surface area (Å²) in [6.07, 6.45) is 3.66. The Morgan fingerprint density at radius 1 is 0.679 bits per heavy atom. The van der Waals surface area contributed by atoms with Crippen molar-refractivity contribution in [1.29, 1.82) is 0 Å². The Labute approximate surface area is 181 Å². The molecule has 0 aliphatic heterocycles. The summed E-state index contributed by atoms with van der Waals surface area (Å²) in [6, 6.07) is 27.4. The van der Waals surface area contributed by atoms with Crippen molar-refractivity contribution in [3.8, 4) is 22.5 Å². The van der Waals surface area contributed by atoms with E-state index in [9.17, 15) is 0 Å². The predicted octanol–water partition coefficient (Wildman–Crippen LogP) is 6.22. The quantitative estimate of drug-likeness (QED) is 0.281. The van der Waals surface area contributed by atoms with Crippen LogP contribution in [0.5, 0.6) is 0 Å². The van der Waals surface area contributed by atoms with Gasteiger partial charge in [-0.3, -0.25) is 4.98 Å². The maximum absolute atomic E-state index is 4.41. The van der Waals surface area contributed by atoms with Crippen LogP contribution in [0.25, 0.3) is 22.5 Å². The molecular weight excluding hydrogens is 521 g/mol. The molecule has 0 unspecified atom stereocenters. The van der Waals surface area contributed by atoms with Crippen molar-refractivity contribution < 1.29 is 20.1 Å². The molecule has 0 atom stereocenters. The van der Waals surface area contributed by atoms with E-state index in [0.717, 1.165) is 17.0 Å². The first-order valence-corrected chi connectivity index (χ1v) is 9.02. The van der Waals surface area contributed by atoms with Crippen LogP contribution in [0.3, 0.4) is 0 Å². The second kappa shape index (κ2) is 10.7. The third-order valence-corrected chi connectivity index (χ3v) is 4.23. The van der Waals surface area contributed by atoms with E-state index < -0.39 is 0 Å². The third kappa shape index (κ3) is 5.95. The van der Waals surface area contributed by atoms with E-state index in [1.165, 1.54) is 22.3 Å². The first-order chi connectivity index (χ1) is 13.1. The Bertz CT molecular complexity index is 962. The maximum atomic E-state index is 4.41. The zero-order valence-electron chi connectivity index (χ0n) is 16.3. The number of hydrogen-bond acceptors (Lipinski definition) is 2. The van der Waals surface area contributed by atoms with Gasteiger partial charge in [-0.15, -0.1) is 35.9 Å². The number of rotatable bonds is 2. The monoisotopic (exact) mass is 544 g/mol. The molecule has 28 heavy (non-hydrogen) atoms. The van der Waals surface area contributed by atoms with Crippen LogP contribution >= 0.6 is 0 Å². The SMILES string of the molecule is Cc1ccnc(-c2cc(C)ccc2C)c1.[Ir].[c-]1ccccc1-c1ccccn1. The standard InChI is InChI=1S/C14H15N.C11H8N.Ir/c1-10-4-5-12(3)13(8-10)14-9-11(2)6-7-15-14;1-2-6-10(7-3-1)11-8-4-5-9-12-11;/h4-9H,1-3H3;1-6,8-9H;/q;-1;. The van der Waals surface area contributed by atoms with Crippen molar-refractivity contribution in [3.63, 3.8) is 0 Å². The van der Waals surface area contributed by atoms with E-state index in [-0.39, 0.29) is 20.1 Å². The van der Waals surface area contributed by atoms with Gasteiger partial charge in [0.15, 0.2) is 0 Å². The van der Waals surface area contributed by atoms with Crippen molar-refractivity contribution in [2.24, 2.45) is 0 Å². The molecule has 0 saturated carbocycles. The first kappa shape index (κ1) is 21.7. The topological polar surface area (TPSA) is 25.8 Å². The molecule has 0 N–H and O–H groups in total. The van der Waals surface area contributed by atoms with E-state index in [2.05, 4.69) is 61.1 Å². The van der Waals surface area contributed by atoms with Gasteiger partial charge in [-0.2, -0.15) is 0 Å². The molecule has 0 aliphatic rings. The number of aromatic nitrogens is 2. The molecule has 2 nitrogen and oxygen atoms in total. The number of hydrogen-bond donors (Lipinski definition) is 0. The molecule has 3 heteroatoms. The molecule has 0 fully saturated rings. The zero-order valence-corrected chi connectivity index (χ0v) is 18.7. The largest absolute Gasteiger partial charge is 0.305 e. The van der Waals surface area contributed by atoms with Gasteiger partial charge in [-0.25, -0.2) is 0 Å². The van der Waals surface area contributed by atoms with Crippen LogP contribution < -0.4 is 0 Å². The number of nitrogens with zero attached hydrogens (tertiary/aromatic N) is 2. The van der Waals surface area contributed by atoms with Gasteiger partial charge in [0.1, 0.15) is 0 Å². The number of pyridine rings is 2. The van der Waals surface area contributed by atoms with Crippen LogP contribution in [-0.2, 0) is 20.1 Å². The molecule has 0 spiro atoms. The van der Waals surface area contributed by atoms with Crippen LogP contribution in [0.15, 0.2) is 85.2 Å². The molecule has 2 aromatic heterocycles. The van der Waals surface area contributed by atoms with E-state index in [0.29, 0.717) is 0 Å². The van der Waals surface area contributed by atoms with Crippen LogP contribution in [0.4, 0.5) is 0 Å². The van der Waals surface area contributed by atoms with Crippen molar-refractivity contribution in [2.75, 3.05) is 0 Å². The van der Waals surface area contributed by atoms with Gasteiger partial charge in [0.2, 0.25) is 0 Å². The molecule has 2 aromatic carbocycles. The minimum absolute atomic E-state index is 0. The first-order valence-electron chi connectivity index (χ1n) is 9.02. The summed E-state index contributed by atoms with van der Waals surface area (Å²) in [5.74, 6) is 0. The average molecular weight is 544 g/mol. The van der Waals surface area contributed by atoms with E-state index >= 15 is 0 Å². The number of aryl methyl sites for hydroxylation is 3. The van der Waals surface area contributed by atoms with Crippen LogP contribution in [-0.4, -0.2) is 9.97 Å². The molecule has 0 bridgehead atoms. The van der Waals surface area contributed by atoms with Crippen molar-refractivity contribution in [2.45, 2.75) is 20.8 Å². The van der Waals surface area contributed by atoms with E-state index in [1.54, 1.807) is 6.20 Å². The van der Waals surface area contributed by atoms with Gasteiger partial charge in [0.05, 0.1) is 5.69 Å². The van der Waals surface area contributed by atoms with Gasteiger partial charge in [-0.1, -0.05) is 29.8 Å². The Balaban J connectivity index is 0.000000198. The summed E-state index contributed by atoms with van der Waals surface area (Å²) in [4.78, 5) is 8.63. The van der Waals surface area contributed by atoms with Crippen molar-refractivity contribution in [3.05, 3.63) is 108 Å². The second-order valence-electron chi connectivity index (χ2n) is 6.53. The molecule has 4 rings (SSSR count). The minimum Gasteiger partial charge on any atom is -0.305 e. The smallest absolute Gasteiger partial charge is 0.0707 e. The molecule has 0 amide bonds. The van der Waals surface area contributed by atoms with E-state index in [1.807, 2.05) is 54.7 Å². The molecule has 0 saturated heterocycles. The fraction of sp³-hybridized carbons (Fsp3) is 0.120. The molecule has 4 aromatic rings. The molecule has 1 radical (unpaired) electrons. The molecule has 2 heterocycles. The summed E-state index contributed by atoms with van der Waals surface area (Å²) in [6.45, 7) is 6.33. The van der Waals surface area contributed by atoms with Crippen LogP contribution in [0, 0.1) is 26.8 Å². The Morgan fingerprint density at radius 3 is 2.11 bits per heavy atom. The van der Waals surface area contributed by atoms with Gasteiger partial charge in [0.25, 0.3) is 0 Å².